The molecular weight excluding hydrogens is 385 g/mol. The van der Waals surface area contributed by atoms with Crippen LogP contribution in [0.4, 0.5) is 13.2 Å². The molecule has 0 saturated heterocycles. The highest BCUT2D eigenvalue weighted by Gasteiger charge is 2.32. The van der Waals surface area contributed by atoms with E-state index in [1.165, 1.54) is 0 Å². The van der Waals surface area contributed by atoms with E-state index in [-0.39, 0.29) is 23.2 Å². The van der Waals surface area contributed by atoms with Gasteiger partial charge < -0.3 is 5.32 Å². The van der Waals surface area contributed by atoms with Gasteiger partial charge in [-0.2, -0.15) is 18.3 Å². The molecule has 2 aliphatic carbocycles. The minimum atomic E-state index is -4.53. The van der Waals surface area contributed by atoms with E-state index in [0.717, 1.165) is 48.8 Å². The molecule has 6 nitrogen and oxygen atoms in total. The van der Waals surface area contributed by atoms with Gasteiger partial charge in [-0.1, -0.05) is 0 Å². The first kappa shape index (κ1) is 19.6. The molecule has 0 atom stereocenters. The number of aromatic nitrogens is 3. The zero-order valence-electron chi connectivity index (χ0n) is 15.7. The minimum absolute atomic E-state index is 0.00860. The van der Waals surface area contributed by atoms with Crippen molar-refractivity contribution in [3.8, 4) is 0 Å². The monoisotopic (exact) mass is 406 g/mol. The van der Waals surface area contributed by atoms with E-state index in [2.05, 4.69) is 15.4 Å². The molecule has 0 bridgehead atoms. The highest BCUT2D eigenvalue weighted by molar-refractivity contribution is 5.94. The van der Waals surface area contributed by atoms with Crippen LogP contribution < -0.4 is 10.9 Å². The predicted molar refractivity (Wildman–Crippen MR) is 98.5 cm³/mol. The Balaban J connectivity index is 1.35. The molecule has 2 aromatic heterocycles. The zero-order chi connectivity index (χ0) is 20.6. The molecule has 0 aliphatic heterocycles. The van der Waals surface area contributed by atoms with Gasteiger partial charge in [0.05, 0.1) is 17.3 Å². The van der Waals surface area contributed by atoms with E-state index in [4.69, 9.17) is 0 Å². The number of halogens is 3. The van der Waals surface area contributed by atoms with Crippen molar-refractivity contribution < 1.29 is 18.0 Å². The normalized spacial score (nSPS) is 21.6. The number of hydrogen-bond acceptors (Lipinski definition) is 4. The van der Waals surface area contributed by atoms with Gasteiger partial charge in [-0.3, -0.25) is 14.6 Å². The lowest BCUT2D eigenvalue weighted by Crippen LogP contribution is -2.39. The molecule has 9 heteroatoms. The summed E-state index contributed by atoms with van der Waals surface area (Å²) in [5.74, 6) is -0.442. The van der Waals surface area contributed by atoms with E-state index in [1.807, 2.05) is 0 Å². The summed E-state index contributed by atoms with van der Waals surface area (Å²) in [5.41, 5.74) is 1.06. The maximum absolute atomic E-state index is 12.6. The number of amides is 1. The minimum Gasteiger partial charge on any atom is -0.349 e. The van der Waals surface area contributed by atoms with Crippen molar-refractivity contribution in [2.75, 3.05) is 0 Å². The second-order valence-electron chi connectivity index (χ2n) is 7.66. The number of alkyl halides is 3. The van der Waals surface area contributed by atoms with E-state index in [0.29, 0.717) is 25.7 Å². The lowest BCUT2D eigenvalue weighted by molar-refractivity contribution is -0.141. The van der Waals surface area contributed by atoms with Gasteiger partial charge in [0.2, 0.25) is 0 Å². The fourth-order valence-electron chi connectivity index (χ4n) is 4.11. The Kier molecular flexibility index (Phi) is 5.14. The fourth-order valence-corrected chi connectivity index (χ4v) is 4.11. The largest absolute Gasteiger partial charge is 0.433 e. The molecule has 2 aliphatic rings. The summed E-state index contributed by atoms with van der Waals surface area (Å²) in [6, 6.07) is 3.55. The number of carbonyl (C=O) groups is 1. The van der Waals surface area contributed by atoms with Crippen molar-refractivity contribution in [1.82, 2.24) is 20.1 Å². The van der Waals surface area contributed by atoms with Gasteiger partial charge in [0.15, 0.2) is 0 Å². The predicted octanol–water partition coefficient (Wildman–Crippen LogP) is 3.06. The van der Waals surface area contributed by atoms with Gasteiger partial charge in [0, 0.05) is 18.3 Å². The number of fused-ring (bicyclic) bond motifs is 1. The van der Waals surface area contributed by atoms with Gasteiger partial charge in [0.25, 0.3) is 11.5 Å². The Morgan fingerprint density at radius 2 is 1.90 bits per heavy atom. The molecule has 4 rings (SSSR count). The molecule has 1 saturated carbocycles. The van der Waals surface area contributed by atoms with Crippen molar-refractivity contribution in [3.05, 3.63) is 57.3 Å². The highest BCUT2D eigenvalue weighted by Crippen LogP contribution is 2.29. The van der Waals surface area contributed by atoms with Crippen LogP contribution in [-0.4, -0.2) is 26.7 Å². The van der Waals surface area contributed by atoms with E-state index in [9.17, 15) is 22.8 Å². The van der Waals surface area contributed by atoms with Crippen LogP contribution in [0.5, 0.6) is 0 Å². The SMILES string of the molecule is O=C(NC1CCC(n2nc3c(cc2=O)CCC3)CC1)c1ccc(C(F)(F)F)nc1. The van der Waals surface area contributed by atoms with Crippen molar-refractivity contribution in [2.24, 2.45) is 0 Å². The lowest BCUT2D eigenvalue weighted by atomic mass is 9.91. The number of pyridine rings is 1. The quantitative estimate of drug-likeness (QED) is 0.850. The molecule has 154 valence electrons. The maximum atomic E-state index is 12.6. The van der Waals surface area contributed by atoms with E-state index in [1.54, 1.807) is 10.7 Å². The van der Waals surface area contributed by atoms with Crippen molar-refractivity contribution in [1.29, 1.82) is 0 Å². The molecule has 1 amide bonds. The topological polar surface area (TPSA) is 76.9 Å². The second kappa shape index (κ2) is 7.61. The van der Waals surface area contributed by atoms with Crippen molar-refractivity contribution in [3.63, 3.8) is 0 Å². The molecule has 0 aromatic carbocycles. The summed E-state index contributed by atoms with van der Waals surface area (Å²) < 4.78 is 39.3. The van der Waals surface area contributed by atoms with Crippen LogP contribution >= 0.6 is 0 Å². The molecule has 0 unspecified atom stereocenters. The van der Waals surface area contributed by atoms with Gasteiger partial charge in [-0.25, -0.2) is 4.68 Å². The molecule has 1 N–H and O–H groups in total. The first-order valence-electron chi connectivity index (χ1n) is 9.77. The lowest BCUT2D eigenvalue weighted by Gasteiger charge is -2.29. The number of nitrogens with zero attached hydrogens (tertiary/aromatic N) is 3. The molecule has 1 fully saturated rings. The van der Waals surface area contributed by atoms with Crippen molar-refractivity contribution in [2.45, 2.75) is 63.2 Å². The Hall–Kier alpha value is -2.71. The van der Waals surface area contributed by atoms with E-state index >= 15 is 0 Å². The van der Waals surface area contributed by atoms with Gasteiger partial charge in [-0.15, -0.1) is 0 Å². The Morgan fingerprint density at radius 1 is 1.14 bits per heavy atom. The summed E-state index contributed by atoms with van der Waals surface area (Å²) in [4.78, 5) is 28.0. The number of hydrogen-bond donors (Lipinski definition) is 1. The van der Waals surface area contributed by atoms with Crippen LogP contribution in [0.15, 0.2) is 29.2 Å². The van der Waals surface area contributed by atoms with Gasteiger partial charge in [-0.05, 0) is 62.6 Å². The van der Waals surface area contributed by atoms with E-state index < -0.39 is 17.8 Å². The van der Waals surface area contributed by atoms with Crippen molar-refractivity contribution >= 4 is 5.91 Å². The van der Waals surface area contributed by atoms with Crippen LogP contribution in [0.25, 0.3) is 0 Å². The third-order valence-corrected chi connectivity index (χ3v) is 5.68. The Morgan fingerprint density at radius 3 is 2.55 bits per heavy atom. The number of aryl methyl sites for hydroxylation is 2. The van der Waals surface area contributed by atoms with Gasteiger partial charge in [0.1, 0.15) is 5.69 Å². The van der Waals surface area contributed by atoms with Crippen LogP contribution in [0.1, 0.15) is 65.5 Å². The third-order valence-electron chi connectivity index (χ3n) is 5.68. The first-order chi connectivity index (χ1) is 13.8. The fraction of sp³-hybridized carbons (Fsp3) is 0.500. The summed E-state index contributed by atoms with van der Waals surface area (Å²) in [6.07, 6.45) is 2.03. The maximum Gasteiger partial charge on any atom is 0.433 e. The molecule has 2 heterocycles. The molecular formula is C20H21F3N4O2. The Bertz CT molecular complexity index is 961. The van der Waals surface area contributed by atoms with Crippen LogP contribution in [0.3, 0.4) is 0 Å². The van der Waals surface area contributed by atoms with Crippen LogP contribution in [0.2, 0.25) is 0 Å². The number of rotatable bonds is 3. The standard InChI is InChI=1S/C20H21F3N4O2/c21-20(22,23)17-9-4-13(11-24-17)19(29)25-14-5-7-15(8-6-14)27-18(28)10-12-2-1-3-16(12)26-27/h4,9-11,14-15H,1-3,5-8H2,(H,25,29). The third kappa shape index (κ3) is 4.18. The summed E-state index contributed by atoms with van der Waals surface area (Å²) in [6.45, 7) is 0. The number of nitrogens with one attached hydrogen (secondary N) is 1. The molecule has 0 spiro atoms. The highest BCUT2D eigenvalue weighted by atomic mass is 19.4. The first-order valence-corrected chi connectivity index (χ1v) is 9.77. The van der Waals surface area contributed by atoms with Gasteiger partial charge >= 0.3 is 6.18 Å². The smallest absolute Gasteiger partial charge is 0.349 e. The average Bonchev–Trinajstić information content (AvgIpc) is 3.14. The molecule has 2 aromatic rings. The summed E-state index contributed by atoms with van der Waals surface area (Å²) in [7, 11) is 0. The van der Waals surface area contributed by atoms with Crippen LogP contribution in [0, 0.1) is 0 Å². The zero-order valence-corrected chi connectivity index (χ0v) is 15.7. The summed E-state index contributed by atoms with van der Waals surface area (Å²) in [5, 5.41) is 7.41. The van der Waals surface area contributed by atoms with Crippen LogP contribution in [-0.2, 0) is 19.0 Å². The second-order valence-corrected chi connectivity index (χ2v) is 7.66. The molecule has 0 radical (unpaired) electrons. The average molecular weight is 406 g/mol. The summed E-state index contributed by atoms with van der Waals surface area (Å²) >= 11 is 0. The molecule has 29 heavy (non-hydrogen) atoms. The Labute approximate surface area is 165 Å². The number of carbonyl (C=O) groups excluding carboxylic acids is 1.